The first-order chi connectivity index (χ1) is 5.66. The summed E-state index contributed by atoms with van der Waals surface area (Å²) < 4.78 is 1.44. The van der Waals surface area contributed by atoms with Crippen molar-refractivity contribution in [3.63, 3.8) is 0 Å². The molecular formula is C7H8Cl2N2O. The molecule has 0 radical (unpaired) electrons. The van der Waals surface area contributed by atoms with Crippen molar-refractivity contribution in [1.29, 1.82) is 0 Å². The maximum Gasteiger partial charge on any atom is 0.273 e. The molecule has 0 atom stereocenters. The minimum atomic E-state index is -0.279. The lowest BCUT2D eigenvalue weighted by atomic mass is 10.5. The average molecular weight is 207 g/mol. The van der Waals surface area contributed by atoms with Gasteiger partial charge in [-0.25, -0.2) is 4.98 Å². The first-order valence-corrected chi connectivity index (χ1v) is 4.32. The number of rotatable bonds is 2. The topological polar surface area (TPSA) is 34.9 Å². The number of aryl methyl sites for hydroxylation is 1. The van der Waals surface area contributed by atoms with E-state index in [0.29, 0.717) is 6.54 Å². The van der Waals surface area contributed by atoms with Gasteiger partial charge in [0.1, 0.15) is 5.02 Å². The summed E-state index contributed by atoms with van der Waals surface area (Å²) in [5.41, 5.74) is -0.279. The summed E-state index contributed by atoms with van der Waals surface area (Å²) in [5, 5.41) is 0.0571. The Morgan fingerprint density at radius 1 is 1.58 bits per heavy atom. The number of hydrogen-bond acceptors (Lipinski definition) is 2. The molecule has 0 fully saturated rings. The third kappa shape index (κ3) is 1.79. The molecule has 0 saturated heterocycles. The predicted octanol–water partition coefficient (Wildman–Crippen LogP) is 1.96. The van der Waals surface area contributed by atoms with E-state index in [1.165, 1.54) is 10.9 Å². The van der Waals surface area contributed by atoms with Crippen molar-refractivity contribution in [2.45, 2.75) is 19.9 Å². The van der Waals surface area contributed by atoms with Crippen LogP contribution in [0.25, 0.3) is 0 Å². The van der Waals surface area contributed by atoms with E-state index in [-0.39, 0.29) is 15.7 Å². The summed E-state index contributed by atoms with van der Waals surface area (Å²) >= 11 is 11.1. The van der Waals surface area contributed by atoms with Gasteiger partial charge in [-0.05, 0) is 6.42 Å². The monoisotopic (exact) mass is 206 g/mol. The molecule has 12 heavy (non-hydrogen) atoms. The molecule has 0 saturated carbocycles. The van der Waals surface area contributed by atoms with Crippen LogP contribution >= 0.6 is 23.2 Å². The van der Waals surface area contributed by atoms with Crippen molar-refractivity contribution in [3.8, 4) is 0 Å². The minimum absolute atomic E-state index is 0.00684. The highest BCUT2D eigenvalue weighted by Gasteiger charge is 2.05. The second-order valence-corrected chi connectivity index (χ2v) is 3.08. The molecule has 0 spiro atoms. The molecular weight excluding hydrogens is 199 g/mol. The van der Waals surface area contributed by atoms with Gasteiger partial charge in [0.2, 0.25) is 0 Å². The van der Waals surface area contributed by atoms with Gasteiger partial charge >= 0.3 is 0 Å². The molecule has 66 valence electrons. The van der Waals surface area contributed by atoms with Crippen molar-refractivity contribution in [3.05, 3.63) is 26.9 Å². The van der Waals surface area contributed by atoms with Crippen LogP contribution < -0.4 is 5.56 Å². The van der Waals surface area contributed by atoms with E-state index in [1.54, 1.807) is 0 Å². The lowest BCUT2D eigenvalue weighted by molar-refractivity contribution is 0.641. The van der Waals surface area contributed by atoms with Gasteiger partial charge in [-0.3, -0.25) is 9.36 Å². The Bertz CT molecular complexity index is 335. The van der Waals surface area contributed by atoms with Crippen molar-refractivity contribution in [2.24, 2.45) is 0 Å². The molecule has 1 aromatic rings. The smallest absolute Gasteiger partial charge is 0.273 e. The Morgan fingerprint density at radius 2 is 2.25 bits per heavy atom. The first kappa shape index (κ1) is 9.55. The summed E-state index contributed by atoms with van der Waals surface area (Å²) in [7, 11) is 0. The molecule has 1 heterocycles. The minimum Gasteiger partial charge on any atom is -0.298 e. The summed E-state index contributed by atoms with van der Waals surface area (Å²) in [5.74, 6) is 0. The molecule has 1 rings (SSSR count). The molecule has 0 aliphatic carbocycles. The maximum absolute atomic E-state index is 11.3. The van der Waals surface area contributed by atoms with E-state index in [4.69, 9.17) is 23.2 Å². The number of aromatic nitrogens is 2. The highest BCUT2D eigenvalue weighted by molar-refractivity contribution is 6.40. The zero-order valence-electron chi connectivity index (χ0n) is 6.55. The molecule has 0 aromatic carbocycles. The second-order valence-electron chi connectivity index (χ2n) is 2.35. The fourth-order valence-corrected chi connectivity index (χ4v) is 1.13. The van der Waals surface area contributed by atoms with Gasteiger partial charge in [0.15, 0.2) is 5.15 Å². The standard InChI is InChI=1S/C7H8Cl2N2O/c1-2-3-11-4-10-6(9)5(8)7(11)12/h4H,2-3H2,1H3. The second kappa shape index (κ2) is 3.92. The fraction of sp³-hybridized carbons (Fsp3) is 0.429. The van der Waals surface area contributed by atoms with E-state index in [2.05, 4.69) is 4.98 Å². The van der Waals surface area contributed by atoms with Crippen LogP contribution in [0.3, 0.4) is 0 Å². The van der Waals surface area contributed by atoms with E-state index < -0.39 is 0 Å². The molecule has 1 aromatic heterocycles. The van der Waals surface area contributed by atoms with Crippen LogP contribution in [0.15, 0.2) is 11.1 Å². The van der Waals surface area contributed by atoms with E-state index in [9.17, 15) is 4.79 Å². The highest BCUT2D eigenvalue weighted by atomic mass is 35.5. The van der Waals surface area contributed by atoms with Crippen LogP contribution in [0.1, 0.15) is 13.3 Å². The molecule has 5 heteroatoms. The molecule has 0 aliphatic heterocycles. The Hall–Kier alpha value is -0.540. The van der Waals surface area contributed by atoms with Gasteiger partial charge in [-0.15, -0.1) is 0 Å². The fourth-order valence-electron chi connectivity index (χ4n) is 0.844. The van der Waals surface area contributed by atoms with E-state index in [0.717, 1.165) is 6.42 Å². The zero-order valence-corrected chi connectivity index (χ0v) is 8.06. The van der Waals surface area contributed by atoms with Crippen LogP contribution in [-0.2, 0) is 6.54 Å². The van der Waals surface area contributed by atoms with Crippen molar-refractivity contribution in [2.75, 3.05) is 0 Å². The zero-order chi connectivity index (χ0) is 9.14. The Kier molecular flexibility index (Phi) is 3.12. The summed E-state index contributed by atoms with van der Waals surface area (Å²) in [6, 6.07) is 0. The van der Waals surface area contributed by atoms with Crippen molar-refractivity contribution < 1.29 is 0 Å². The summed E-state index contributed by atoms with van der Waals surface area (Å²) in [4.78, 5) is 15.0. The normalized spacial score (nSPS) is 10.2. The van der Waals surface area contributed by atoms with Crippen LogP contribution in [0.4, 0.5) is 0 Å². The highest BCUT2D eigenvalue weighted by Crippen LogP contribution is 2.12. The number of nitrogens with zero attached hydrogens (tertiary/aromatic N) is 2. The third-order valence-electron chi connectivity index (χ3n) is 1.40. The van der Waals surface area contributed by atoms with E-state index in [1.807, 2.05) is 6.92 Å². The van der Waals surface area contributed by atoms with Gasteiger partial charge in [0.25, 0.3) is 5.56 Å². The molecule has 3 nitrogen and oxygen atoms in total. The molecule has 0 bridgehead atoms. The SMILES string of the molecule is CCCn1cnc(Cl)c(Cl)c1=O. The number of halogens is 2. The van der Waals surface area contributed by atoms with Crippen molar-refractivity contribution >= 4 is 23.2 Å². The predicted molar refractivity (Wildman–Crippen MR) is 48.8 cm³/mol. The summed E-state index contributed by atoms with van der Waals surface area (Å²) in [6.45, 7) is 2.58. The Morgan fingerprint density at radius 3 is 2.83 bits per heavy atom. The Balaban J connectivity index is 3.18. The van der Waals surface area contributed by atoms with E-state index >= 15 is 0 Å². The number of hydrogen-bond donors (Lipinski definition) is 0. The third-order valence-corrected chi connectivity index (χ3v) is 2.13. The van der Waals surface area contributed by atoms with Crippen LogP contribution in [0, 0.1) is 0 Å². The van der Waals surface area contributed by atoms with Gasteiger partial charge in [-0.2, -0.15) is 0 Å². The largest absolute Gasteiger partial charge is 0.298 e. The lowest BCUT2D eigenvalue weighted by Crippen LogP contribution is -2.20. The van der Waals surface area contributed by atoms with Crippen LogP contribution in [0.5, 0.6) is 0 Å². The molecule has 0 unspecified atom stereocenters. The molecule has 0 N–H and O–H groups in total. The lowest BCUT2D eigenvalue weighted by Gasteiger charge is -2.02. The summed E-state index contributed by atoms with van der Waals surface area (Å²) in [6.07, 6.45) is 2.26. The van der Waals surface area contributed by atoms with Gasteiger partial charge < -0.3 is 0 Å². The molecule has 0 aliphatic rings. The van der Waals surface area contributed by atoms with Crippen LogP contribution in [0.2, 0.25) is 10.2 Å². The first-order valence-electron chi connectivity index (χ1n) is 3.57. The average Bonchev–Trinajstić information content (AvgIpc) is 2.07. The van der Waals surface area contributed by atoms with Gasteiger partial charge in [-0.1, -0.05) is 30.1 Å². The Labute approximate surface area is 79.9 Å². The quantitative estimate of drug-likeness (QED) is 0.694. The molecule has 0 amide bonds. The van der Waals surface area contributed by atoms with Crippen LogP contribution in [-0.4, -0.2) is 9.55 Å². The van der Waals surface area contributed by atoms with Gasteiger partial charge in [0, 0.05) is 6.54 Å². The van der Waals surface area contributed by atoms with Gasteiger partial charge in [0.05, 0.1) is 6.33 Å². The maximum atomic E-state index is 11.3. The van der Waals surface area contributed by atoms with Crippen molar-refractivity contribution in [1.82, 2.24) is 9.55 Å².